The van der Waals surface area contributed by atoms with E-state index in [1.54, 1.807) is 23.1 Å². The minimum atomic E-state index is -0.405. The van der Waals surface area contributed by atoms with Crippen LogP contribution in [0.1, 0.15) is 47.5 Å². The molecule has 0 aliphatic carbocycles. The zero-order valence-corrected chi connectivity index (χ0v) is 16.0. The normalized spacial score (nSPS) is 16.3. The smallest absolute Gasteiger partial charge is 0.290 e. The van der Waals surface area contributed by atoms with E-state index in [4.69, 9.17) is 4.42 Å². The fraction of sp³-hybridized carbons (Fsp3) is 0.238. The third kappa shape index (κ3) is 2.67. The van der Waals surface area contributed by atoms with Crippen LogP contribution in [0.5, 0.6) is 0 Å². The molecule has 0 bridgehead atoms. The molecule has 2 heterocycles. The number of unbranched alkanes of at least 4 members (excludes halogenated alkanes) is 1. The van der Waals surface area contributed by atoms with Gasteiger partial charge in [0.2, 0.25) is 5.76 Å². The number of carbonyl (C=O) groups is 1. The Bertz CT molecular complexity index is 1040. The summed E-state index contributed by atoms with van der Waals surface area (Å²) in [6.07, 6.45) is 1.84. The molecule has 1 aliphatic rings. The molecule has 1 aromatic heterocycles. The second kappa shape index (κ2) is 6.72. The fourth-order valence-electron chi connectivity index (χ4n) is 3.52. The number of hydrogen-bond acceptors (Lipinski definition) is 3. The number of halogens is 1. The Morgan fingerprint density at radius 2 is 1.81 bits per heavy atom. The Morgan fingerprint density at radius 1 is 1.08 bits per heavy atom. The van der Waals surface area contributed by atoms with Crippen LogP contribution in [0.4, 0.5) is 0 Å². The van der Waals surface area contributed by atoms with Crippen LogP contribution in [0, 0.1) is 0 Å². The van der Waals surface area contributed by atoms with Gasteiger partial charge in [-0.15, -0.1) is 0 Å². The summed E-state index contributed by atoms with van der Waals surface area (Å²) in [6.45, 7) is 2.68. The Kier molecular flexibility index (Phi) is 4.41. The van der Waals surface area contributed by atoms with Crippen molar-refractivity contribution >= 4 is 32.8 Å². The van der Waals surface area contributed by atoms with E-state index in [1.807, 2.05) is 30.3 Å². The summed E-state index contributed by atoms with van der Waals surface area (Å²) in [6, 6.07) is 14.4. The summed E-state index contributed by atoms with van der Waals surface area (Å²) in [5, 5.41) is 0.513. The zero-order chi connectivity index (χ0) is 18.3. The number of benzene rings is 2. The van der Waals surface area contributed by atoms with Gasteiger partial charge in [-0.25, -0.2) is 0 Å². The van der Waals surface area contributed by atoms with E-state index in [1.165, 1.54) is 0 Å². The SMILES string of the molecule is CCCCN1C(=O)c2oc3ccccc3c(=O)c2[C@@H]1c1ccc(Br)cc1. The first-order chi connectivity index (χ1) is 12.6. The van der Waals surface area contributed by atoms with Gasteiger partial charge in [0.05, 0.1) is 17.0 Å². The Hall–Kier alpha value is -2.40. The van der Waals surface area contributed by atoms with Crippen LogP contribution in [0.2, 0.25) is 0 Å². The van der Waals surface area contributed by atoms with Gasteiger partial charge in [0, 0.05) is 11.0 Å². The molecule has 5 heteroatoms. The highest BCUT2D eigenvalue weighted by Crippen LogP contribution is 2.38. The summed E-state index contributed by atoms with van der Waals surface area (Å²) in [5.41, 5.74) is 1.70. The van der Waals surface area contributed by atoms with Gasteiger partial charge in [-0.1, -0.05) is 53.5 Å². The predicted octanol–water partition coefficient (Wildman–Crippen LogP) is 4.90. The second-order valence-electron chi connectivity index (χ2n) is 6.48. The quantitative estimate of drug-likeness (QED) is 0.613. The van der Waals surface area contributed by atoms with E-state index >= 15 is 0 Å². The van der Waals surface area contributed by atoms with Gasteiger partial charge >= 0.3 is 0 Å². The molecule has 0 radical (unpaired) electrons. The molecular formula is C21H18BrNO3. The third-order valence-corrected chi connectivity index (χ3v) is 5.34. The molecule has 26 heavy (non-hydrogen) atoms. The van der Waals surface area contributed by atoms with Crippen molar-refractivity contribution in [2.24, 2.45) is 0 Å². The largest absolute Gasteiger partial charge is 0.450 e. The van der Waals surface area contributed by atoms with Gasteiger partial charge in [0.15, 0.2) is 5.43 Å². The van der Waals surface area contributed by atoms with E-state index < -0.39 is 6.04 Å². The maximum atomic E-state index is 13.2. The first kappa shape index (κ1) is 17.0. The summed E-state index contributed by atoms with van der Waals surface area (Å²) in [4.78, 5) is 28.0. The third-order valence-electron chi connectivity index (χ3n) is 4.81. The zero-order valence-electron chi connectivity index (χ0n) is 14.4. The molecule has 0 N–H and O–H groups in total. The van der Waals surface area contributed by atoms with Crippen LogP contribution >= 0.6 is 15.9 Å². The van der Waals surface area contributed by atoms with E-state index in [0.29, 0.717) is 23.1 Å². The highest BCUT2D eigenvalue weighted by molar-refractivity contribution is 9.10. The highest BCUT2D eigenvalue weighted by Gasteiger charge is 2.42. The fourth-order valence-corrected chi connectivity index (χ4v) is 3.78. The summed E-state index contributed by atoms with van der Waals surface area (Å²) in [7, 11) is 0. The Morgan fingerprint density at radius 3 is 2.54 bits per heavy atom. The number of carbonyl (C=O) groups excluding carboxylic acids is 1. The highest BCUT2D eigenvalue weighted by atomic mass is 79.9. The molecule has 1 atom stereocenters. The standard InChI is InChI=1S/C21H18BrNO3/c1-2-3-12-23-18(13-8-10-14(22)11-9-13)17-19(24)15-6-4-5-7-16(15)26-20(17)21(23)25/h4-11,18H,2-3,12H2,1H3/t18-/m0/s1. The van der Waals surface area contributed by atoms with Gasteiger partial charge in [0.1, 0.15) is 5.58 Å². The molecular weight excluding hydrogens is 394 g/mol. The maximum Gasteiger partial charge on any atom is 0.290 e. The topological polar surface area (TPSA) is 50.5 Å². The van der Waals surface area contributed by atoms with Crippen LogP contribution in [0.3, 0.4) is 0 Å². The van der Waals surface area contributed by atoms with Crippen LogP contribution in [-0.4, -0.2) is 17.4 Å². The molecule has 1 amide bonds. The van der Waals surface area contributed by atoms with Gasteiger partial charge in [0.25, 0.3) is 5.91 Å². The average molecular weight is 412 g/mol. The number of amides is 1. The van der Waals surface area contributed by atoms with Crippen LogP contribution < -0.4 is 5.43 Å². The molecule has 0 saturated heterocycles. The van der Waals surface area contributed by atoms with Crippen molar-refractivity contribution in [2.75, 3.05) is 6.54 Å². The lowest BCUT2D eigenvalue weighted by atomic mass is 9.98. The Balaban J connectivity index is 1.96. The molecule has 3 aromatic rings. The lowest BCUT2D eigenvalue weighted by Crippen LogP contribution is -2.30. The molecule has 1 aliphatic heterocycles. The molecule has 4 rings (SSSR count). The molecule has 0 saturated carbocycles. The average Bonchev–Trinajstić information content (AvgIpc) is 2.93. The number of fused-ring (bicyclic) bond motifs is 2. The number of hydrogen-bond donors (Lipinski definition) is 0. The van der Waals surface area contributed by atoms with Gasteiger partial charge in [-0.2, -0.15) is 0 Å². The molecule has 0 fully saturated rings. The van der Waals surface area contributed by atoms with Crippen molar-refractivity contribution in [1.29, 1.82) is 0 Å². The van der Waals surface area contributed by atoms with E-state index in [9.17, 15) is 9.59 Å². The monoisotopic (exact) mass is 411 g/mol. The number of rotatable bonds is 4. The van der Waals surface area contributed by atoms with Gasteiger partial charge in [-0.3, -0.25) is 9.59 Å². The molecule has 4 nitrogen and oxygen atoms in total. The van der Waals surface area contributed by atoms with Crippen molar-refractivity contribution in [3.05, 3.63) is 80.1 Å². The van der Waals surface area contributed by atoms with Gasteiger partial charge < -0.3 is 9.32 Å². The maximum absolute atomic E-state index is 13.2. The molecule has 2 aromatic carbocycles. The van der Waals surface area contributed by atoms with Crippen molar-refractivity contribution in [3.8, 4) is 0 Å². The summed E-state index contributed by atoms with van der Waals surface area (Å²) in [5.74, 6) is -0.0260. The molecule has 0 spiro atoms. The van der Waals surface area contributed by atoms with E-state index in [-0.39, 0.29) is 17.1 Å². The van der Waals surface area contributed by atoms with Crippen molar-refractivity contribution in [1.82, 2.24) is 4.90 Å². The van der Waals surface area contributed by atoms with E-state index in [0.717, 1.165) is 22.9 Å². The van der Waals surface area contributed by atoms with Gasteiger partial charge in [-0.05, 0) is 36.2 Å². The molecule has 132 valence electrons. The lowest BCUT2D eigenvalue weighted by Gasteiger charge is -2.25. The second-order valence-corrected chi connectivity index (χ2v) is 7.39. The first-order valence-electron chi connectivity index (χ1n) is 8.74. The summed E-state index contributed by atoms with van der Waals surface area (Å²) < 4.78 is 6.84. The van der Waals surface area contributed by atoms with Crippen LogP contribution in [0.25, 0.3) is 11.0 Å². The van der Waals surface area contributed by atoms with E-state index in [2.05, 4.69) is 22.9 Å². The van der Waals surface area contributed by atoms with Crippen molar-refractivity contribution in [2.45, 2.75) is 25.8 Å². The van der Waals surface area contributed by atoms with Crippen LogP contribution in [-0.2, 0) is 0 Å². The van der Waals surface area contributed by atoms with Crippen LogP contribution in [0.15, 0.2) is 62.2 Å². The lowest BCUT2D eigenvalue weighted by molar-refractivity contribution is 0.0725. The number of nitrogens with zero attached hydrogens (tertiary/aromatic N) is 1. The van der Waals surface area contributed by atoms with Crippen molar-refractivity contribution in [3.63, 3.8) is 0 Å². The minimum absolute atomic E-state index is 0.123. The first-order valence-corrected chi connectivity index (χ1v) is 9.53. The Labute approximate surface area is 159 Å². The number of para-hydroxylation sites is 1. The summed E-state index contributed by atoms with van der Waals surface area (Å²) >= 11 is 3.44. The minimum Gasteiger partial charge on any atom is -0.450 e. The molecule has 0 unspecified atom stereocenters. The predicted molar refractivity (Wildman–Crippen MR) is 104 cm³/mol. The van der Waals surface area contributed by atoms with Crippen molar-refractivity contribution < 1.29 is 9.21 Å².